The number of hydrogen-bond donors (Lipinski definition) is 1. The van der Waals surface area contributed by atoms with Gasteiger partial charge in [-0.25, -0.2) is 8.42 Å². The minimum absolute atomic E-state index is 0.158. The first-order valence-corrected chi connectivity index (χ1v) is 11.4. The van der Waals surface area contributed by atoms with Gasteiger partial charge in [0.05, 0.1) is 24.2 Å². The molecule has 2 heterocycles. The largest absolute Gasteiger partial charge is 0.490 e. The molecule has 0 saturated heterocycles. The smallest absolute Gasteiger partial charge is 0.241 e. The molecule has 7 heteroatoms. The second-order valence-electron chi connectivity index (χ2n) is 6.64. The number of hydrogen-bond acceptors (Lipinski definition) is 5. The van der Waals surface area contributed by atoms with Gasteiger partial charge < -0.3 is 9.47 Å². The van der Waals surface area contributed by atoms with Crippen LogP contribution >= 0.6 is 11.3 Å². The molecule has 0 fully saturated rings. The molecule has 0 amide bonds. The second kappa shape index (κ2) is 7.95. The Morgan fingerprint density at radius 2 is 1.75 bits per heavy atom. The Kier molecular flexibility index (Phi) is 5.39. The van der Waals surface area contributed by atoms with Crippen molar-refractivity contribution in [2.45, 2.75) is 24.3 Å². The molecule has 4 rings (SSSR count). The predicted octanol–water partition coefficient (Wildman–Crippen LogP) is 4.29. The molecule has 2 aromatic carbocycles. The first-order valence-electron chi connectivity index (χ1n) is 9.05. The molecule has 28 heavy (non-hydrogen) atoms. The van der Waals surface area contributed by atoms with E-state index < -0.39 is 16.1 Å². The van der Waals surface area contributed by atoms with E-state index in [1.807, 2.05) is 48.7 Å². The third-order valence-corrected chi connectivity index (χ3v) is 6.90. The Morgan fingerprint density at radius 1 is 1.00 bits per heavy atom. The fraction of sp³-hybridized carbons (Fsp3) is 0.238. The average molecular weight is 416 g/mol. The summed E-state index contributed by atoms with van der Waals surface area (Å²) in [7, 11) is -3.77. The molecule has 1 atom stereocenters. The van der Waals surface area contributed by atoms with E-state index in [0.717, 1.165) is 22.4 Å². The lowest BCUT2D eigenvalue weighted by molar-refractivity contribution is 0.297. The summed E-state index contributed by atoms with van der Waals surface area (Å²) in [5, 5.41) is 1.94. The number of nitrogens with one attached hydrogen (secondary N) is 1. The molecule has 1 aliphatic heterocycles. The zero-order valence-corrected chi connectivity index (χ0v) is 17.1. The summed E-state index contributed by atoms with van der Waals surface area (Å²) in [6, 6.07) is 16.0. The van der Waals surface area contributed by atoms with Crippen molar-refractivity contribution in [1.29, 1.82) is 0 Å². The molecule has 1 unspecified atom stereocenters. The number of fused-ring (bicyclic) bond motifs is 1. The van der Waals surface area contributed by atoms with Crippen LogP contribution in [-0.2, 0) is 10.0 Å². The van der Waals surface area contributed by atoms with Gasteiger partial charge in [-0.15, -0.1) is 11.3 Å². The van der Waals surface area contributed by atoms with Crippen molar-refractivity contribution in [2.75, 3.05) is 13.2 Å². The van der Waals surface area contributed by atoms with Gasteiger partial charge in [0.15, 0.2) is 11.5 Å². The van der Waals surface area contributed by atoms with Crippen molar-refractivity contribution < 1.29 is 17.9 Å². The number of thiophene rings is 1. The van der Waals surface area contributed by atoms with Crippen molar-refractivity contribution in [1.82, 2.24) is 4.72 Å². The number of ether oxygens (including phenoxy) is 2. The lowest BCUT2D eigenvalue weighted by Gasteiger charge is -2.19. The zero-order valence-electron chi connectivity index (χ0n) is 15.4. The van der Waals surface area contributed by atoms with E-state index in [0.29, 0.717) is 24.7 Å². The average Bonchev–Trinajstić information content (AvgIpc) is 3.11. The minimum Gasteiger partial charge on any atom is -0.490 e. The molecular weight excluding hydrogens is 394 g/mol. The van der Waals surface area contributed by atoms with Gasteiger partial charge in [0.2, 0.25) is 10.0 Å². The third-order valence-electron chi connectivity index (χ3n) is 4.54. The summed E-state index contributed by atoms with van der Waals surface area (Å²) < 4.78 is 40.4. The molecule has 5 nitrogen and oxygen atoms in total. The Hall–Kier alpha value is -2.35. The normalized spacial score (nSPS) is 15.0. The Balaban J connectivity index is 1.68. The van der Waals surface area contributed by atoms with Gasteiger partial charge in [0.1, 0.15) is 0 Å². The fourth-order valence-corrected chi connectivity index (χ4v) is 5.13. The standard InChI is InChI=1S/C21H21NO4S2/c1-15-5-7-16(8-6-15)21(20-4-2-13-27-20)22-28(23,24)17-9-10-18-19(14-17)26-12-3-11-25-18/h2,4-10,13-14,21-22H,3,11-12H2,1H3. The third kappa shape index (κ3) is 4.06. The fourth-order valence-electron chi connectivity index (χ4n) is 3.04. The van der Waals surface area contributed by atoms with Crippen molar-refractivity contribution in [3.63, 3.8) is 0 Å². The lowest BCUT2D eigenvalue weighted by Crippen LogP contribution is -2.29. The highest BCUT2D eigenvalue weighted by molar-refractivity contribution is 7.89. The first-order chi connectivity index (χ1) is 13.5. The summed E-state index contributed by atoms with van der Waals surface area (Å²) in [6.07, 6.45) is 0.767. The van der Waals surface area contributed by atoms with Crippen molar-refractivity contribution in [2.24, 2.45) is 0 Å². The summed E-state index contributed by atoms with van der Waals surface area (Å²) in [5.74, 6) is 1.04. The van der Waals surface area contributed by atoms with E-state index in [4.69, 9.17) is 9.47 Å². The van der Waals surface area contributed by atoms with Gasteiger partial charge >= 0.3 is 0 Å². The highest BCUT2D eigenvalue weighted by atomic mass is 32.2. The maximum absolute atomic E-state index is 13.1. The SMILES string of the molecule is Cc1ccc(C(NS(=O)(=O)c2ccc3c(c2)OCCCO3)c2cccs2)cc1. The van der Waals surface area contributed by atoms with Crippen LogP contribution in [0.3, 0.4) is 0 Å². The van der Waals surface area contributed by atoms with Crippen LogP contribution in [-0.4, -0.2) is 21.6 Å². The maximum atomic E-state index is 13.1. The molecule has 1 aromatic heterocycles. The number of aryl methyl sites for hydroxylation is 1. The molecule has 0 bridgehead atoms. The molecule has 1 aliphatic rings. The van der Waals surface area contributed by atoms with E-state index in [-0.39, 0.29) is 4.90 Å². The van der Waals surface area contributed by atoms with E-state index in [1.54, 1.807) is 12.1 Å². The van der Waals surface area contributed by atoms with Crippen LogP contribution in [0.5, 0.6) is 11.5 Å². The molecular formula is C21H21NO4S2. The quantitative estimate of drug-likeness (QED) is 0.675. The van der Waals surface area contributed by atoms with E-state index in [2.05, 4.69) is 4.72 Å². The summed E-state index contributed by atoms with van der Waals surface area (Å²) in [6.45, 7) is 3.07. The zero-order chi connectivity index (χ0) is 19.6. The van der Waals surface area contributed by atoms with Crippen molar-refractivity contribution in [3.05, 3.63) is 76.0 Å². The van der Waals surface area contributed by atoms with E-state index >= 15 is 0 Å². The number of benzene rings is 2. The van der Waals surface area contributed by atoms with Gasteiger partial charge in [-0.05, 0) is 36.1 Å². The summed E-state index contributed by atoms with van der Waals surface area (Å²) in [5.41, 5.74) is 2.02. The second-order valence-corrected chi connectivity index (χ2v) is 9.33. The van der Waals surface area contributed by atoms with E-state index in [9.17, 15) is 8.42 Å². The van der Waals surface area contributed by atoms with Crippen molar-refractivity contribution in [3.8, 4) is 11.5 Å². The van der Waals surface area contributed by atoms with Gasteiger partial charge in [-0.3, -0.25) is 0 Å². The van der Waals surface area contributed by atoms with Crippen LogP contribution in [0.25, 0.3) is 0 Å². The maximum Gasteiger partial charge on any atom is 0.241 e. The Bertz CT molecular complexity index is 1040. The summed E-state index contributed by atoms with van der Waals surface area (Å²) >= 11 is 1.52. The van der Waals surface area contributed by atoms with Gasteiger partial charge in [0, 0.05) is 17.4 Å². The molecule has 0 aliphatic carbocycles. The molecule has 1 N–H and O–H groups in total. The number of sulfonamides is 1. The highest BCUT2D eigenvalue weighted by Crippen LogP contribution is 2.33. The Morgan fingerprint density at radius 3 is 2.46 bits per heavy atom. The number of rotatable bonds is 5. The molecule has 0 spiro atoms. The highest BCUT2D eigenvalue weighted by Gasteiger charge is 2.25. The monoisotopic (exact) mass is 415 g/mol. The molecule has 0 radical (unpaired) electrons. The molecule has 3 aromatic rings. The van der Waals surface area contributed by atoms with Crippen LogP contribution in [0, 0.1) is 6.92 Å². The lowest BCUT2D eigenvalue weighted by atomic mass is 10.0. The van der Waals surface area contributed by atoms with Gasteiger partial charge in [-0.2, -0.15) is 4.72 Å². The Labute approximate surface area is 169 Å². The summed E-state index contributed by atoms with van der Waals surface area (Å²) in [4.78, 5) is 1.09. The van der Waals surface area contributed by atoms with E-state index in [1.165, 1.54) is 17.4 Å². The van der Waals surface area contributed by atoms with Crippen LogP contribution in [0.1, 0.15) is 28.5 Å². The van der Waals surface area contributed by atoms with Crippen LogP contribution in [0.2, 0.25) is 0 Å². The van der Waals surface area contributed by atoms with Gasteiger partial charge in [0.25, 0.3) is 0 Å². The van der Waals surface area contributed by atoms with Crippen LogP contribution < -0.4 is 14.2 Å². The van der Waals surface area contributed by atoms with Gasteiger partial charge in [-0.1, -0.05) is 35.9 Å². The predicted molar refractivity (Wildman–Crippen MR) is 110 cm³/mol. The first kappa shape index (κ1) is 19.0. The minimum atomic E-state index is -3.77. The topological polar surface area (TPSA) is 64.6 Å². The van der Waals surface area contributed by atoms with Crippen molar-refractivity contribution >= 4 is 21.4 Å². The molecule has 146 valence electrons. The van der Waals surface area contributed by atoms with Crippen LogP contribution in [0.15, 0.2) is 64.9 Å². The van der Waals surface area contributed by atoms with Crippen LogP contribution in [0.4, 0.5) is 0 Å². The molecule has 0 saturated carbocycles.